The zero-order valence-electron chi connectivity index (χ0n) is 13.8. The molecule has 0 unspecified atom stereocenters. The summed E-state index contributed by atoms with van der Waals surface area (Å²) in [6.45, 7) is 0. The number of hydrogen-bond donors (Lipinski definition) is 2. The Bertz CT molecular complexity index is 961. The van der Waals surface area contributed by atoms with Crippen molar-refractivity contribution in [2.45, 2.75) is 23.8 Å². The van der Waals surface area contributed by atoms with Crippen LogP contribution in [0.15, 0.2) is 45.8 Å². The molecule has 2 N–H and O–H groups in total. The molecule has 0 heterocycles. The minimum atomic E-state index is -3.69. The summed E-state index contributed by atoms with van der Waals surface area (Å²) in [7, 11) is -2.34. The van der Waals surface area contributed by atoms with E-state index in [1.807, 2.05) is 0 Å². The van der Waals surface area contributed by atoms with Crippen LogP contribution in [0.3, 0.4) is 0 Å². The molecule has 9 heteroatoms. The van der Waals surface area contributed by atoms with E-state index in [0.29, 0.717) is 4.47 Å². The normalized spacial score (nSPS) is 14.1. The lowest BCUT2D eigenvalue weighted by atomic mass is 10.2. The van der Waals surface area contributed by atoms with Crippen LogP contribution in [0, 0.1) is 5.82 Å². The first-order chi connectivity index (χ1) is 12.3. The zero-order chi connectivity index (χ0) is 18.9. The second kappa shape index (κ2) is 7.34. The van der Waals surface area contributed by atoms with E-state index in [9.17, 15) is 17.6 Å². The van der Waals surface area contributed by atoms with E-state index in [1.165, 1.54) is 37.4 Å². The van der Waals surface area contributed by atoms with Gasteiger partial charge in [0.25, 0.3) is 5.91 Å². The average Bonchev–Trinajstić information content (AvgIpc) is 3.38. The van der Waals surface area contributed by atoms with E-state index in [2.05, 4.69) is 26.0 Å². The van der Waals surface area contributed by atoms with Crippen LogP contribution < -0.4 is 14.8 Å². The van der Waals surface area contributed by atoms with E-state index in [4.69, 9.17) is 4.74 Å². The van der Waals surface area contributed by atoms with Crippen molar-refractivity contribution in [1.82, 2.24) is 4.72 Å². The first-order valence-electron chi connectivity index (χ1n) is 7.77. The van der Waals surface area contributed by atoms with Crippen LogP contribution in [0.2, 0.25) is 0 Å². The van der Waals surface area contributed by atoms with Gasteiger partial charge in [0.2, 0.25) is 10.0 Å². The molecule has 138 valence electrons. The van der Waals surface area contributed by atoms with Crippen molar-refractivity contribution in [3.8, 4) is 5.75 Å². The van der Waals surface area contributed by atoms with Crippen molar-refractivity contribution in [1.29, 1.82) is 0 Å². The second-order valence-electron chi connectivity index (χ2n) is 5.84. The highest BCUT2D eigenvalue weighted by molar-refractivity contribution is 9.10. The number of hydrogen-bond acceptors (Lipinski definition) is 4. The lowest BCUT2D eigenvalue weighted by Crippen LogP contribution is -2.26. The summed E-state index contributed by atoms with van der Waals surface area (Å²) in [4.78, 5) is 12.5. The van der Waals surface area contributed by atoms with Gasteiger partial charge < -0.3 is 10.1 Å². The van der Waals surface area contributed by atoms with Gasteiger partial charge in [-0.25, -0.2) is 17.5 Å². The fourth-order valence-electron chi connectivity index (χ4n) is 2.28. The molecule has 26 heavy (non-hydrogen) atoms. The molecule has 0 atom stereocenters. The standard InChI is InChI=1S/C17H16BrFN2O4S/c1-25-16-7-4-11(8-15(16)19)20-17(22)13-9-12(5-6-14(13)18)26(23,24)21-10-2-3-10/h4-10,21H,2-3H2,1H3,(H,20,22). The van der Waals surface area contributed by atoms with Gasteiger partial charge in [-0.1, -0.05) is 0 Å². The van der Waals surface area contributed by atoms with Crippen molar-refractivity contribution in [2.24, 2.45) is 0 Å². The van der Waals surface area contributed by atoms with Crippen molar-refractivity contribution in [3.05, 3.63) is 52.3 Å². The van der Waals surface area contributed by atoms with Gasteiger partial charge in [0, 0.05) is 22.3 Å². The van der Waals surface area contributed by atoms with Crippen molar-refractivity contribution in [3.63, 3.8) is 0 Å². The van der Waals surface area contributed by atoms with Crippen LogP contribution in [-0.2, 0) is 10.0 Å². The van der Waals surface area contributed by atoms with Gasteiger partial charge >= 0.3 is 0 Å². The van der Waals surface area contributed by atoms with E-state index in [0.717, 1.165) is 18.9 Å². The number of nitrogens with one attached hydrogen (secondary N) is 2. The fourth-order valence-corrected chi connectivity index (χ4v) is 4.03. The summed E-state index contributed by atoms with van der Waals surface area (Å²) >= 11 is 3.24. The summed E-state index contributed by atoms with van der Waals surface area (Å²) in [6, 6.07) is 8.15. The van der Waals surface area contributed by atoms with Gasteiger partial charge in [-0.3, -0.25) is 4.79 Å². The molecule has 1 amide bonds. The Balaban J connectivity index is 1.84. The lowest BCUT2D eigenvalue weighted by Gasteiger charge is -2.11. The Hall–Kier alpha value is -1.97. The highest BCUT2D eigenvalue weighted by Crippen LogP contribution is 2.26. The van der Waals surface area contributed by atoms with Gasteiger partial charge in [-0.15, -0.1) is 0 Å². The number of rotatable bonds is 6. The van der Waals surface area contributed by atoms with Crippen LogP contribution in [0.5, 0.6) is 5.75 Å². The molecule has 2 aromatic carbocycles. The molecule has 1 fully saturated rings. The molecular weight excluding hydrogens is 427 g/mol. The maximum atomic E-state index is 13.8. The first kappa shape index (κ1) is 18.8. The Labute approximate surface area is 158 Å². The van der Waals surface area contributed by atoms with Crippen LogP contribution in [0.25, 0.3) is 0 Å². The van der Waals surface area contributed by atoms with Gasteiger partial charge in [0.15, 0.2) is 11.6 Å². The SMILES string of the molecule is COc1ccc(NC(=O)c2cc(S(=O)(=O)NC3CC3)ccc2Br)cc1F. The number of methoxy groups -OCH3 is 1. The third-order valence-electron chi connectivity index (χ3n) is 3.80. The number of anilines is 1. The van der Waals surface area contributed by atoms with Gasteiger partial charge in [-0.2, -0.15) is 0 Å². The third-order valence-corrected chi connectivity index (χ3v) is 6.01. The van der Waals surface area contributed by atoms with Gasteiger partial charge in [0.1, 0.15) is 0 Å². The molecule has 1 aliphatic carbocycles. The summed E-state index contributed by atoms with van der Waals surface area (Å²) in [5, 5.41) is 2.54. The van der Waals surface area contributed by atoms with Crippen molar-refractivity contribution < 1.29 is 22.3 Å². The topological polar surface area (TPSA) is 84.5 Å². The number of carbonyl (C=O) groups is 1. The van der Waals surface area contributed by atoms with Crippen molar-refractivity contribution >= 4 is 37.5 Å². The predicted octanol–water partition coefficient (Wildman–Crippen LogP) is 3.29. The molecule has 0 saturated heterocycles. The summed E-state index contributed by atoms with van der Waals surface area (Å²) in [6.07, 6.45) is 1.62. The van der Waals surface area contributed by atoms with E-state index in [-0.39, 0.29) is 27.9 Å². The number of carbonyl (C=O) groups excluding carboxylic acids is 1. The summed E-state index contributed by atoms with van der Waals surface area (Å²) in [5.74, 6) is -1.12. The molecule has 0 aliphatic heterocycles. The van der Waals surface area contributed by atoms with E-state index in [1.54, 1.807) is 0 Å². The highest BCUT2D eigenvalue weighted by Gasteiger charge is 2.28. The highest BCUT2D eigenvalue weighted by atomic mass is 79.9. The van der Waals surface area contributed by atoms with Gasteiger partial charge in [-0.05, 0) is 59.1 Å². The largest absolute Gasteiger partial charge is 0.494 e. The van der Waals surface area contributed by atoms with Crippen molar-refractivity contribution in [2.75, 3.05) is 12.4 Å². The second-order valence-corrected chi connectivity index (χ2v) is 8.41. The number of amides is 1. The molecule has 1 aliphatic rings. The Morgan fingerprint density at radius 3 is 2.58 bits per heavy atom. The lowest BCUT2D eigenvalue weighted by molar-refractivity contribution is 0.102. The number of sulfonamides is 1. The molecular formula is C17H16BrFN2O4S. The molecule has 0 bridgehead atoms. The molecule has 3 rings (SSSR count). The maximum Gasteiger partial charge on any atom is 0.256 e. The molecule has 0 radical (unpaired) electrons. The number of benzene rings is 2. The molecule has 2 aromatic rings. The fraction of sp³-hybridized carbons (Fsp3) is 0.235. The Kier molecular flexibility index (Phi) is 5.31. The predicted molar refractivity (Wildman–Crippen MR) is 98.4 cm³/mol. The summed E-state index contributed by atoms with van der Waals surface area (Å²) < 4.78 is 46.2. The summed E-state index contributed by atoms with van der Waals surface area (Å²) in [5.41, 5.74) is 0.351. The average molecular weight is 443 g/mol. The minimum absolute atomic E-state index is 0.00124. The Morgan fingerprint density at radius 2 is 1.96 bits per heavy atom. The van der Waals surface area contributed by atoms with Crippen LogP contribution in [-0.4, -0.2) is 27.5 Å². The smallest absolute Gasteiger partial charge is 0.256 e. The van der Waals surface area contributed by atoms with Crippen LogP contribution >= 0.6 is 15.9 Å². The van der Waals surface area contributed by atoms with Crippen LogP contribution in [0.1, 0.15) is 23.2 Å². The molecule has 1 saturated carbocycles. The molecule has 0 spiro atoms. The first-order valence-corrected chi connectivity index (χ1v) is 10.0. The van der Waals surface area contributed by atoms with E-state index >= 15 is 0 Å². The Morgan fingerprint density at radius 1 is 1.23 bits per heavy atom. The molecule has 6 nitrogen and oxygen atoms in total. The zero-order valence-corrected chi connectivity index (χ0v) is 16.2. The minimum Gasteiger partial charge on any atom is -0.494 e. The quantitative estimate of drug-likeness (QED) is 0.718. The number of halogens is 2. The van der Waals surface area contributed by atoms with Gasteiger partial charge in [0.05, 0.1) is 17.6 Å². The number of ether oxygens (including phenoxy) is 1. The maximum absolute atomic E-state index is 13.8. The third kappa shape index (κ3) is 4.22. The van der Waals surface area contributed by atoms with Crippen LogP contribution in [0.4, 0.5) is 10.1 Å². The van der Waals surface area contributed by atoms with E-state index < -0.39 is 21.7 Å². The monoisotopic (exact) mass is 442 g/mol. The molecule has 0 aromatic heterocycles.